The van der Waals surface area contributed by atoms with Gasteiger partial charge in [-0.1, -0.05) is 23.8 Å². The third-order valence-corrected chi connectivity index (χ3v) is 3.57. The first kappa shape index (κ1) is 20.2. The molecule has 25 heavy (non-hydrogen) atoms. The second-order valence-corrected chi connectivity index (χ2v) is 6.26. The Kier molecular flexibility index (Phi) is 7.66. The van der Waals surface area contributed by atoms with Crippen LogP contribution >= 0.6 is 0 Å². The summed E-state index contributed by atoms with van der Waals surface area (Å²) in [5.41, 5.74) is 9.31. The molecule has 2 aromatic rings. The fourth-order valence-electron chi connectivity index (χ4n) is 1.52. The van der Waals surface area contributed by atoms with Gasteiger partial charge >= 0.3 is 0 Å². The Labute approximate surface area is 145 Å². The third kappa shape index (κ3) is 8.01. The molecule has 1 aromatic heterocycles. The lowest BCUT2D eigenvalue weighted by Crippen LogP contribution is -2.27. The fourth-order valence-corrected chi connectivity index (χ4v) is 2.00. The highest BCUT2D eigenvalue weighted by molar-refractivity contribution is 7.85. The summed E-state index contributed by atoms with van der Waals surface area (Å²) in [6, 6.07) is 11.5. The third-order valence-electron chi connectivity index (χ3n) is 2.70. The number of aromatic nitrogens is 1. The van der Waals surface area contributed by atoms with Crippen molar-refractivity contribution in [1.29, 1.82) is 0 Å². The highest BCUT2D eigenvalue weighted by Crippen LogP contribution is 2.08. The average Bonchev–Trinajstić information content (AvgIpc) is 2.55. The van der Waals surface area contributed by atoms with Crippen molar-refractivity contribution in [3.05, 3.63) is 59.4 Å². The van der Waals surface area contributed by atoms with E-state index in [1.807, 2.05) is 26.0 Å². The first-order valence-corrected chi connectivity index (χ1v) is 8.41. The van der Waals surface area contributed by atoms with Crippen molar-refractivity contribution >= 4 is 22.3 Å². The number of nitrogens with two attached hydrogens (primary N) is 1. The Hall–Kier alpha value is -2.82. The summed E-state index contributed by atoms with van der Waals surface area (Å²) < 4.78 is 29.6. The van der Waals surface area contributed by atoms with Crippen LogP contribution in [0.3, 0.4) is 0 Å². The van der Waals surface area contributed by atoms with Crippen molar-refractivity contribution in [1.82, 2.24) is 10.5 Å². The Morgan fingerprint density at radius 1 is 1.20 bits per heavy atom. The predicted molar refractivity (Wildman–Crippen MR) is 94.1 cm³/mol. The molecular weight excluding hydrogens is 346 g/mol. The molecule has 0 atom stereocenters. The Morgan fingerprint density at radius 2 is 1.84 bits per heavy atom. The number of hydrogen-bond acceptors (Lipinski definition) is 6. The molecule has 0 spiro atoms. The summed E-state index contributed by atoms with van der Waals surface area (Å²) >= 11 is 0. The maximum absolute atomic E-state index is 10.5. The Balaban J connectivity index is 0.000000257. The molecule has 5 N–H and O–H groups in total. The molecule has 1 aromatic carbocycles. The van der Waals surface area contributed by atoms with Gasteiger partial charge in [0.05, 0.1) is 16.8 Å². The second kappa shape index (κ2) is 9.47. The number of hydrogen-bond donors (Lipinski definition) is 4. The molecule has 2 rings (SSSR count). The van der Waals surface area contributed by atoms with Crippen molar-refractivity contribution in [3.63, 3.8) is 0 Å². The maximum atomic E-state index is 10.5. The van der Waals surface area contributed by atoms with Crippen LogP contribution in [0.15, 0.2) is 57.6 Å². The van der Waals surface area contributed by atoms with Crippen LogP contribution in [0.4, 0.5) is 0 Å². The van der Waals surface area contributed by atoms with Gasteiger partial charge in [-0.3, -0.25) is 14.7 Å². The topological polar surface area (TPSA) is 150 Å². The summed E-state index contributed by atoms with van der Waals surface area (Å²) in [5, 5.41) is 15.3. The SMILES string of the molecule is Cc1ccc(S(=O)(=O)O)cc1.Cc1cccc(C=N/N=C(\N)NO)n1. The van der Waals surface area contributed by atoms with Gasteiger partial charge in [-0.25, -0.2) is 5.48 Å². The molecule has 0 bridgehead atoms. The van der Waals surface area contributed by atoms with E-state index >= 15 is 0 Å². The van der Waals surface area contributed by atoms with Crippen LogP contribution in [-0.4, -0.2) is 35.3 Å². The predicted octanol–water partition coefficient (Wildman–Crippen LogP) is 1.26. The van der Waals surface area contributed by atoms with Crippen LogP contribution in [0.1, 0.15) is 17.0 Å². The monoisotopic (exact) mass is 365 g/mol. The summed E-state index contributed by atoms with van der Waals surface area (Å²) in [7, 11) is -4.02. The Morgan fingerprint density at radius 3 is 2.36 bits per heavy atom. The van der Waals surface area contributed by atoms with Gasteiger partial charge < -0.3 is 5.73 Å². The minimum absolute atomic E-state index is 0.0666. The van der Waals surface area contributed by atoms with Crippen molar-refractivity contribution in [2.75, 3.05) is 0 Å². The number of aryl methyl sites for hydroxylation is 2. The number of rotatable bonds is 3. The average molecular weight is 365 g/mol. The number of pyridine rings is 1. The van der Waals surface area contributed by atoms with Crippen LogP contribution in [0.2, 0.25) is 0 Å². The molecule has 0 fully saturated rings. The molecule has 0 aliphatic carbocycles. The highest BCUT2D eigenvalue weighted by Gasteiger charge is 2.06. The summed E-state index contributed by atoms with van der Waals surface area (Å²) in [4.78, 5) is 4.09. The zero-order valence-corrected chi connectivity index (χ0v) is 14.5. The molecule has 10 heteroatoms. The number of benzene rings is 1. The smallest absolute Gasteiger partial charge is 0.294 e. The minimum atomic E-state index is -4.02. The molecular formula is C15H19N5O4S. The molecule has 0 unspecified atom stereocenters. The quantitative estimate of drug-likeness (QED) is 0.277. The van der Waals surface area contributed by atoms with Crippen LogP contribution in [0, 0.1) is 13.8 Å². The lowest BCUT2D eigenvalue weighted by molar-refractivity contribution is 0.232. The molecule has 134 valence electrons. The summed E-state index contributed by atoms with van der Waals surface area (Å²) in [6.45, 7) is 3.72. The first-order chi connectivity index (χ1) is 11.7. The van der Waals surface area contributed by atoms with E-state index in [0.717, 1.165) is 11.3 Å². The molecule has 9 nitrogen and oxygen atoms in total. The van der Waals surface area contributed by atoms with Gasteiger partial charge in [0.1, 0.15) is 0 Å². The van der Waals surface area contributed by atoms with E-state index in [1.54, 1.807) is 23.7 Å². The van der Waals surface area contributed by atoms with E-state index < -0.39 is 10.1 Å². The van der Waals surface area contributed by atoms with E-state index in [1.165, 1.54) is 18.3 Å². The normalized spacial score (nSPS) is 11.8. The number of nitrogens with zero attached hydrogens (tertiary/aromatic N) is 3. The van der Waals surface area contributed by atoms with Crippen molar-refractivity contribution in [3.8, 4) is 0 Å². The lowest BCUT2D eigenvalue weighted by atomic mass is 10.2. The van der Waals surface area contributed by atoms with Gasteiger partial charge in [0, 0.05) is 5.69 Å². The molecule has 0 amide bonds. The van der Waals surface area contributed by atoms with Gasteiger partial charge in [0.15, 0.2) is 0 Å². The van der Waals surface area contributed by atoms with Crippen molar-refractivity contribution in [2.45, 2.75) is 18.7 Å². The molecule has 0 saturated carbocycles. The van der Waals surface area contributed by atoms with Crippen LogP contribution in [0.25, 0.3) is 0 Å². The minimum Gasteiger partial charge on any atom is -0.367 e. The number of guanidine groups is 1. The van der Waals surface area contributed by atoms with E-state index in [-0.39, 0.29) is 10.9 Å². The lowest BCUT2D eigenvalue weighted by Gasteiger charge is -1.95. The summed E-state index contributed by atoms with van der Waals surface area (Å²) in [5.74, 6) is -0.172. The van der Waals surface area contributed by atoms with Crippen molar-refractivity contribution < 1.29 is 18.2 Å². The largest absolute Gasteiger partial charge is 0.367 e. The van der Waals surface area contributed by atoms with Gasteiger partial charge in [-0.2, -0.15) is 13.5 Å². The fraction of sp³-hybridized carbons (Fsp3) is 0.133. The molecule has 0 saturated heterocycles. The van der Waals surface area contributed by atoms with E-state index in [4.69, 9.17) is 15.5 Å². The first-order valence-electron chi connectivity index (χ1n) is 6.97. The number of hydroxylamine groups is 1. The molecule has 0 aliphatic rings. The molecule has 1 heterocycles. The van der Waals surface area contributed by atoms with Gasteiger partial charge in [-0.15, -0.1) is 5.10 Å². The zero-order valence-electron chi connectivity index (χ0n) is 13.7. The molecule has 0 aliphatic heterocycles. The zero-order chi connectivity index (χ0) is 18.9. The van der Waals surface area contributed by atoms with Crippen LogP contribution in [-0.2, 0) is 10.1 Å². The van der Waals surface area contributed by atoms with Gasteiger partial charge in [0.25, 0.3) is 10.1 Å². The Bertz CT molecular complexity index is 848. The number of nitrogens with one attached hydrogen (secondary N) is 1. The standard InChI is InChI=1S/C8H11N5O.C7H8O3S/c1-6-3-2-4-7(11-6)5-10-12-8(9)13-14;1-6-2-4-7(5-3-6)11(8,9)10/h2-5,14H,1H3,(H3,9,12,13);2-5H,1H3,(H,8,9,10). The molecule has 0 radical (unpaired) electrons. The second-order valence-electron chi connectivity index (χ2n) is 4.83. The van der Waals surface area contributed by atoms with Gasteiger partial charge in [-0.05, 0) is 38.1 Å². The van der Waals surface area contributed by atoms with E-state index in [9.17, 15) is 8.42 Å². The van der Waals surface area contributed by atoms with Gasteiger partial charge in [0.2, 0.25) is 5.96 Å². The van der Waals surface area contributed by atoms with E-state index in [0.29, 0.717) is 5.69 Å². The maximum Gasteiger partial charge on any atom is 0.294 e. The summed E-state index contributed by atoms with van der Waals surface area (Å²) in [6.07, 6.45) is 1.44. The van der Waals surface area contributed by atoms with E-state index in [2.05, 4.69) is 15.2 Å². The van der Waals surface area contributed by atoms with Crippen LogP contribution < -0.4 is 11.2 Å². The highest BCUT2D eigenvalue weighted by atomic mass is 32.2. The van der Waals surface area contributed by atoms with Crippen molar-refractivity contribution in [2.24, 2.45) is 15.9 Å². The van der Waals surface area contributed by atoms with Crippen LogP contribution in [0.5, 0.6) is 0 Å².